The number of allylic oxidation sites excluding steroid dienone is 2. The molecule has 0 spiro atoms. The Kier molecular flexibility index (Phi) is 1.28. The fourth-order valence-electron chi connectivity index (χ4n) is 1.92. The minimum atomic E-state index is 0.404. The molecule has 1 heteroatoms. The van der Waals surface area contributed by atoms with E-state index in [1.165, 1.54) is 16.8 Å². The Hall–Kier alpha value is -1.63. The summed E-state index contributed by atoms with van der Waals surface area (Å²) >= 11 is 0. The highest BCUT2D eigenvalue weighted by Gasteiger charge is 2.21. The highest BCUT2D eigenvalue weighted by atomic mass is 14.7. The van der Waals surface area contributed by atoms with Gasteiger partial charge in [-0.2, -0.15) is 0 Å². The predicted molar refractivity (Wildman–Crippen MR) is 54.8 cm³/mol. The van der Waals surface area contributed by atoms with Crippen molar-refractivity contribution in [1.82, 2.24) is 0 Å². The van der Waals surface area contributed by atoms with Crippen molar-refractivity contribution in [3.63, 3.8) is 0 Å². The van der Waals surface area contributed by atoms with Gasteiger partial charge in [0.25, 0.3) is 0 Å². The van der Waals surface area contributed by atoms with E-state index in [4.69, 9.17) is 0 Å². The Morgan fingerprint density at radius 3 is 3.00 bits per heavy atom. The lowest BCUT2D eigenvalue weighted by atomic mass is 9.87. The summed E-state index contributed by atoms with van der Waals surface area (Å²) in [6, 6.07) is 8.48. The molecular weight excluding hydrogens is 158 g/mol. The first-order valence-electron chi connectivity index (χ1n) is 4.46. The van der Waals surface area contributed by atoms with Crippen molar-refractivity contribution < 1.29 is 0 Å². The first-order valence-corrected chi connectivity index (χ1v) is 4.46. The first kappa shape index (κ1) is 6.84. The van der Waals surface area contributed by atoms with Gasteiger partial charge >= 0.3 is 0 Å². The van der Waals surface area contributed by atoms with Crippen molar-refractivity contribution in [2.24, 2.45) is 4.99 Å². The summed E-state index contributed by atoms with van der Waals surface area (Å²) < 4.78 is 0. The number of aliphatic imine (C=N–C) groups is 1. The van der Waals surface area contributed by atoms with E-state index in [0.717, 1.165) is 0 Å². The molecule has 0 fully saturated rings. The van der Waals surface area contributed by atoms with Crippen LogP contribution in [0.4, 0.5) is 0 Å². The van der Waals surface area contributed by atoms with Crippen LogP contribution in [-0.4, -0.2) is 5.71 Å². The fourth-order valence-corrected chi connectivity index (χ4v) is 1.92. The zero-order chi connectivity index (χ0) is 8.67. The summed E-state index contributed by atoms with van der Waals surface area (Å²) in [5.74, 6) is 0.404. The molecule has 0 amide bonds. The number of rotatable bonds is 0. The van der Waals surface area contributed by atoms with Crippen LogP contribution in [0.25, 0.3) is 6.08 Å². The summed E-state index contributed by atoms with van der Waals surface area (Å²) in [6.45, 7) is 0. The van der Waals surface area contributed by atoms with Crippen molar-refractivity contribution in [2.45, 2.75) is 5.92 Å². The molecule has 2 aliphatic rings. The molecule has 13 heavy (non-hydrogen) atoms. The van der Waals surface area contributed by atoms with E-state index >= 15 is 0 Å². The van der Waals surface area contributed by atoms with E-state index < -0.39 is 0 Å². The van der Waals surface area contributed by atoms with Gasteiger partial charge in [0.1, 0.15) is 0 Å². The second-order valence-corrected chi connectivity index (χ2v) is 3.34. The maximum absolute atomic E-state index is 4.31. The number of hydrogen-bond donors (Lipinski definition) is 0. The van der Waals surface area contributed by atoms with Crippen LogP contribution in [0, 0.1) is 0 Å². The molecule has 1 heterocycles. The summed E-state index contributed by atoms with van der Waals surface area (Å²) in [5.41, 5.74) is 3.86. The average molecular weight is 167 g/mol. The van der Waals surface area contributed by atoms with Gasteiger partial charge in [-0.1, -0.05) is 36.4 Å². The third-order valence-electron chi connectivity index (χ3n) is 2.59. The smallest absolute Gasteiger partial charge is 0.0517 e. The second-order valence-electron chi connectivity index (χ2n) is 3.34. The van der Waals surface area contributed by atoms with Crippen LogP contribution in [0.5, 0.6) is 0 Å². The molecule has 3 rings (SSSR count). The monoisotopic (exact) mass is 167 g/mol. The molecule has 62 valence electrons. The van der Waals surface area contributed by atoms with Crippen LogP contribution in [0.1, 0.15) is 17.0 Å². The summed E-state index contributed by atoms with van der Waals surface area (Å²) in [4.78, 5) is 4.31. The number of fused-ring (bicyclic) bond motifs is 3. The molecule has 0 bridgehead atoms. The van der Waals surface area contributed by atoms with E-state index in [1.807, 2.05) is 6.20 Å². The second kappa shape index (κ2) is 2.43. The van der Waals surface area contributed by atoms with Gasteiger partial charge in [-0.3, -0.25) is 4.99 Å². The molecule has 1 aromatic rings. The summed E-state index contributed by atoms with van der Waals surface area (Å²) in [6.07, 6.45) is 8.29. The first-order chi connectivity index (χ1) is 6.45. The van der Waals surface area contributed by atoms with Crippen molar-refractivity contribution >= 4 is 11.8 Å². The SMILES string of the molecule is C1=CC2C(=N1)C=Cc1ccccc12. The van der Waals surface area contributed by atoms with Gasteiger partial charge in [-0.25, -0.2) is 0 Å². The Morgan fingerprint density at radius 1 is 1.08 bits per heavy atom. The van der Waals surface area contributed by atoms with Crippen LogP contribution < -0.4 is 0 Å². The van der Waals surface area contributed by atoms with E-state index in [2.05, 4.69) is 47.5 Å². The molecular formula is C12H9N. The molecule has 0 saturated carbocycles. The number of hydrogen-bond acceptors (Lipinski definition) is 1. The highest BCUT2D eigenvalue weighted by molar-refractivity contribution is 6.08. The lowest BCUT2D eigenvalue weighted by molar-refractivity contribution is 1.15. The third kappa shape index (κ3) is 0.903. The molecule has 0 N–H and O–H groups in total. The van der Waals surface area contributed by atoms with Crippen molar-refractivity contribution in [3.05, 3.63) is 53.7 Å². The quantitative estimate of drug-likeness (QED) is 0.563. The molecule has 1 aliphatic carbocycles. The number of benzene rings is 1. The zero-order valence-corrected chi connectivity index (χ0v) is 7.14. The van der Waals surface area contributed by atoms with Crippen molar-refractivity contribution in [1.29, 1.82) is 0 Å². The van der Waals surface area contributed by atoms with Gasteiger partial charge in [0.2, 0.25) is 0 Å². The van der Waals surface area contributed by atoms with Crippen LogP contribution in [0.3, 0.4) is 0 Å². The Morgan fingerprint density at radius 2 is 2.00 bits per heavy atom. The topological polar surface area (TPSA) is 12.4 Å². The van der Waals surface area contributed by atoms with Crippen LogP contribution in [-0.2, 0) is 0 Å². The largest absolute Gasteiger partial charge is 0.261 e. The standard InChI is InChI=1S/C12H9N/c1-2-4-10-9(3-1)5-6-12-11(10)7-8-13-12/h1-8,11H. The van der Waals surface area contributed by atoms with E-state index in [0.29, 0.717) is 5.92 Å². The van der Waals surface area contributed by atoms with Crippen LogP contribution in [0.15, 0.2) is 47.6 Å². The third-order valence-corrected chi connectivity index (χ3v) is 2.59. The Labute approximate surface area is 77.1 Å². The molecule has 1 aromatic carbocycles. The van der Waals surface area contributed by atoms with E-state index in [-0.39, 0.29) is 0 Å². The summed E-state index contributed by atoms with van der Waals surface area (Å²) in [7, 11) is 0. The Balaban J connectivity index is 2.25. The molecule has 0 aromatic heterocycles. The van der Waals surface area contributed by atoms with Gasteiger partial charge in [-0.15, -0.1) is 0 Å². The van der Waals surface area contributed by atoms with Gasteiger partial charge in [0, 0.05) is 12.1 Å². The highest BCUT2D eigenvalue weighted by Crippen LogP contribution is 2.31. The normalized spacial score (nSPS) is 22.5. The molecule has 1 aliphatic heterocycles. The van der Waals surface area contributed by atoms with E-state index in [1.54, 1.807) is 0 Å². The minimum Gasteiger partial charge on any atom is -0.261 e. The van der Waals surface area contributed by atoms with Crippen molar-refractivity contribution in [3.8, 4) is 0 Å². The maximum atomic E-state index is 4.31. The number of nitrogens with zero attached hydrogens (tertiary/aromatic N) is 1. The maximum Gasteiger partial charge on any atom is 0.0517 e. The molecule has 0 saturated heterocycles. The van der Waals surface area contributed by atoms with Gasteiger partial charge < -0.3 is 0 Å². The van der Waals surface area contributed by atoms with Gasteiger partial charge in [0.05, 0.1) is 5.71 Å². The lowest BCUT2D eigenvalue weighted by Gasteiger charge is -2.16. The van der Waals surface area contributed by atoms with Gasteiger partial charge in [0.15, 0.2) is 0 Å². The fraction of sp³-hybridized carbons (Fsp3) is 0.0833. The van der Waals surface area contributed by atoms with Crippen LogP contribution in [0.2, 0.25) is 0 Å². The molecule has 1 nitrogen and oxygen atoms in total. The van der Waals surface area contributed by atoms with Gasteiger partial charge in [-0.05, 0) is 17.2 Å². The predicted octanol–water partition coefficient (Wildman–Crippen LogP) is 2.77. The average Bonchev–Trinajstić information content (AvgIpc) is 2.65. The molecule has 1 unspecified atom stereocenters. The zero-order valence-electron chi connectivity index (χ0n) is 7.14. The molecule has 0 radical (unpaired) electrons. The van der Waals surface area contributed by atoms with Crippen LogP contribution >= 0.6 is 0 Å². The minimum absolute atomic E-state index is 0.404. The summed E-state index contributed by atoms with van der Waals surface area (Å²) in [5, 5.41) is 0. The van der Waals surface area contributed by atoms with Crippen molar-refractivity contribution in [2.75, 3.05) is 0 Å². The van der Waals surface area contributed by atoms with E-state index in [9.17, 15) is 0 Å². The molecule has 1 atom stereocenters. The Bertz CT molecular complexity index is 438. The lowest BCUT2D eigenvalue weighted by Crippen LogP contribution is -2.09.